The third-order valence-corrected chi connectivity index (χ3v) is 5.04. The number of nitrogens with zero attached hydrogens (tertiary/aromatic N) is 2. The number of carboxylic acid groups (broad SMARTS) is 1. The maximum absolute atomic E-state index is 13.1. The van der Waals surface area contributed by atoms with Gasteiger partial charge in [-0.25, -0.2) is 17.2 Å². The lowest BCUT2D eigenvalue weighted by atomic mass is 10.3. The number of sulfonamides is 1. The zero-order valence-electron chi connectivity index (χ0n) is 11.0. The lowest BCUT2D eigenvalue weighted by Crippen LogP contribution is -2.49. The Morgan fingerprint density at radius 2 is 1.62 bits per heavy atom. The Morgan fingerprint density at radius 1 is 1.10 bits per heavy atom. The highest BCUT2D eigenvalue weighted by molar-refractivity contribution is 7.89. The van der Waals surface area contributed by atoms with Gasteiger partial charge in [0.1, 0.15) is 11.6 Å². The van der Waals surface area contributed by atoms with E-state index in [1.165, 1.54) is 0 Å². The number of halogens is 2. The summed E-state index contributed by atoms with van der Waals surface area (Å²) in [6.45, 7) is 0.497. The molecule has 21 heavy (non-hydrogen) atoms. The number of hydrogen-bond acceptors (Lipinski definition) is 4. The van der Waals surface area contributed by atoms with Crippen LogP contribution in [0.15, 0.2) is 23.1 Å². The molecule has 0 amide bonds. The third-order valence-electron chi connectivity index (χ3n) is 3.16. The second kappa shape index (κ2) is 6.04. The predicted molar refractivity (Wildman–Crippen MR) is 69.2 cm³/mol. The molecule has 2 rings (SSSR count). The van der Waals surface area contributed by atoms with Crippen molar-refractivity contribution in [2.24, 2.45) is 0 Å². The summed E-state index contributed by atoms with van der Waals surface area (Å²) in [4.78, 5) is 11.7. The van der Waals surface area contributed by atoms with Crippen LogP contribution in [0.3, 0.4) is 0 Å². The quantitative estimate of drug-likeness (QED) is 0.866. The highest BCUT2D eigenvalue weighted by atomic mass is 32.2. The number of carboxylic acids is 1. The minimum Gasteiger partial charge on any atom is -0.480 e. The van der Waals surface area contributed by atoms with Gasteiger partial charge >= 0.3 is 5.97 Å². The number of carbonyl (C=O) groups is 1. The van der Waals surface area contributed by atoms with Crippen LogP contribution in [0.2, 0.25) is 0 Å². The fourth-order valence-electron chi connectivity index (χ4n) is 2.15. The Labute approximate surface area is 120 Å². The van der Waals surface area contributed by atoms with Crippen LogP contribution in [0.4, 0.5) is 8.78 Å². The molecule has 1 aliphatic heterocycles. The molecule has 1 saturated heterocycles. The van der Waals surface area contributed by atoms with Crippen molar-refractivity contribution in [3.05, 3.63) is 29.8 Å². The van der Waals surface area contributed by atoms with Crippen molar-refractivity contribution in [1.29, 1.82) is 0 Å². The van der Waals surface area contributed by atoms with Crippen molar-refractivity contribution in [3.63, 3.8) is 0 Å². The molecule has 1 aromatic carbocycles. The van der Waals surface area contributed by atoms with Crippen LogP contribution in [0.1, 0.15) is 0 Å². The topological polar surface area (TPSA) is 77.9 Å². The van der Waals surface area contributed by atoms with Crippen molar-refractivity contribution in [2.75, 3.05) is 32.7 Å². The summed E-state index contributed by atoms with van der Waals surface area (Å²) in [5.41, 5.74) is 0. The van der Waals surface area contributed by atoms with Crippen LogP contribution < -0.4 is 0 Å². The first kappa shape index (κ1) is 15.8. The summed E-state index contributed by atoms with van der Waals surface area (Å²) >= 11 is 0. The Bertz CT molecular complexity index is 622. The molecule has 6 nitrogen and oxygen atoms in total. The lowest BCUT2D eigenvalue weighted by molar-refractivity contribution is -0.138. The first-order valence-corrected chi connectivity index (χ1v) is 7.63. The molecule has 9 heteroatoms. The molecule has 0 bridgehead atoms. The fourth-order valence-corrected chi connectivity index (χ4v) is 3.61. The summed E-state index contributed by atoms with van der Waals surface area (Å²) in [7, 11) is -3.98. The minimum atomic E-state index is -3.98. The predicted octanol–water partition coefficient (Wildman–Crippen LogP) is 0.356. The average molecular weight is 320 g/mol. The van der Waals surface area contributed by atoms with Crippen LogP contribution in [0.25, 0.3) is 0 Å². The van der Waals surface area contributed by atoms with Crippen molar-refractivity contribution in [2.45, 2.75) is 4.90 Å². The van der Waals surface area contributed by atoms with Gasteiger partial charge in [-0.1, -0.05) is 0 Å². The molecule has 1 N–H and O–H groups in total. The van der Waals surface area contributed by atoms with E-state index in [1.807, 2.05) is 0 Å². The van der Waals surface area contributed by atoms with E-state index in [9.17, 15) is 22.0 Å². The van der Waals surface area contributed by atoms with Crippen LogP contribution in [0.5, 0.6) is 0 Å². The third kappa shape index (κ3) is 3.74. The van der Waals surface area contributed by atoms with Gasteiger partial charge in [0.05, 0.1) is 11.4 Å². The number of hydrogen-bond donors (Lipinski definition) is 1. The van der Waals surface area contributed by atoms with Crippen molar-refractivity contribution >= 4 is 16.0 Å². The highest BCUT2D eigenvalue weighted by Crippen LogP contribution is 2.19. The monoisotopic (exact) mass is 320 g/mol. The zero-order valence-corrected chi connectivity index (χ0v) is 11.8. The van der Waals surface area contributed by atoms with Crippen LogP contribution in [-0.2, 0) is 14.8 Å². The van der Waals surface area contributed by atoms with Gasteiger partial charge in [-0.15, -0.1) is 0 Å². The first-order chi connectivity index (χ1) is 9.79. The van der Waals surface area contributed by atoms with Crippen LogP contribution >= 0.6 is 0 Å². The van der Waals surface area contributed by atoms with E-state index >= 15 is 0 Å². The van der Waals surface area contributed by atoms with Gasteiger partial charge in [-0.05, 0) is 12.1 Å². The molecule has 0 radical (unpaired) electrons. The van der Waals surface area contributed by atoms with E-state index in [-0.39, 0.29) is 32.7 Å². The highest BCUT2D eigenvalue weighted by Gasteiger charge is 2.29. The second-order valence-electron chi connectivity index (χ2n) is 4.68. The van der Waals surface area contributed by atoms with Gasteiger partial charge in [0.2, 0.25) is 10.0 Å². The van der Waals surface area contributed by atoms with Gasteiger partial charge in [-0.2, -0.15) is 4.31 Å². The lowest BCUT2D eigenvalue weighted by Gasteiger charge is -2.32. The Kier molecular flexibility index (Phi) is 4.55. The number of piperazine rings is 1. The molecule has 0 aliphatic carbocycles. The van der Waals surface area contributed by atoms with Crippen LogP contribution in [-0.4, -0.2) is 61.4 Å². The molecule has 1 aromatic rings. The van der Waals surface area contributed by atoms with E-state index in [1.54, 1.807) is 4.90 Å². The summed E-state index contributed by atoms with van der Waals surface area (Å²) < 4.78 is 51.9. The minimum absolute atomic E-state index is 0.0771. The van der Waals surface area contributed by atoms with Crippen LogP contribution in [0, 0.1) is 11.6 Å². The molecular formula is C12H14F2N2O4S. The standard InChI is InChI=1S/C12H14F2N2O4S/c13-9-5-10(14)7-11(6-9)21(19,20)16-3-1-15(2-4-16)8-12(17)18/h5-7H,1-4,8H2,(H,17,18). The molecule has 1 heterocycles. The summed E-state index contributed by atoms with van der Waals surface area (Å²) in [6, 6.07) is 2.13. The average Bonchev–Trinajstić information content (AvgIpc) is 2.37. The largest absolute Gasteiger partial charge is 0.480 e. The Hall–Kier alpha value is -1.58. The Morgan fingerprint density at radius 3 is 2.10 bits per heavy atom. The van der Waals surface area contributed by atoms with Gasteiger partial charge in [-0.3, -0.25) is 9.69 Å². The molecule has 1 fully saturated rings. The van der Waals surface area contributed by atoms with Crippen molar-refractivity contribution < 1.29 is 27.1 Å². The summed E-state index contributed by atoms with van der Waals surface area (Å²) in [6.07, 6.45) is 0. The van der Waals surface area contributed by atoms with E-state index in [4.69, 9.17) is 5.11 Å². The SMILES string of the molecule is O=C(O)CN1CCN(S(=O)(=O)c2cc(F)cc(F)c2)CC1. The van der Waals surface area contributed by atoms with Crippen molar-refractivity contribution in [3.8, 4) is 0 Å². The molecule has 0 aromatic heterocycles. The second-order valence-corrected chi connectivity index (χ2v) is 6.62. The molecule has 0 unspecified atom stereocenters. The molecule has 0 spiro atoms. The number of aliphatic carboxylic acids is 1. The summed E-state index contributed by atoms with van der Waals surface area (Å²) in [5, 5.41) is 8.67. The van der Waals surface area contributed by atoms with Gasteiger partial charge < -0.3 is 5.11 Å². The molecule has 116 valence electrons. The molecule has 0 saturated carbocycles. The van der Waals surface area contributed by atoms with E-state index in [2.05, 4.69) is 0 Å². The van der Waals surface area contributed by atoms with E-state index < -0.39 is 32.5 Å². The van der Waals surface area contributed by atoms with Gasteiger partial charge in [0, 0.05) is 32.2 Å². The molecular weight excluding hydrogens is 306 g/mol. The smallest absolute Gasteiger partial charge is 0.317 e. The summed E-state index contributed by atoms with van der Waals surface area (Å²) in [5.74, 6) is -2.91. The van der Waals surface area contributed by atoms with E-state index in [0.717, 1.165) is 16.4 Å². The van der Waals surface area contributed by atoms with Gasteiger partial charge in [0.15, 0.2) is 0 Å². The fraction of sp³-hybridized carbons (Fsp3) is 0.417. The van der Waals surface area contributed by atoms with E-state index in [0.29, 0.717) is 6.07 Å². The van der Waals surface area contributed by atoms with Gasteiger partial charge in [0.25, 0.3) is 0 Å². The Balaban J connectivity index is 2.13. The molecule has 0 atom stereocenters. The zero-order chi connectivity index (χ0) is 15.6. The molecule has 1 aliphatic rings. The normalized spacial score (nSPS) is 17.8. The first-order valence-electron chi connectivity index (χ1n) is 6.19. The number of rotatable bonds is 4. The van der Waals surface area contributed by atoms with Crippen molar-refractivity contribution in [1.82, 2.24) is 9.21 Å². The maximum atomic E-state index is 13.1. The maximum Gasteiger partial charge on any atom is 0.317 e. The number of benzene rings is 1.